The predicted molar refractivity (Wildman–Crippen MR) is 215 cm³/mol. The van der Waals surface area contributed by atoms with E-state index in [1.54, 1.807) is 0 Å². The molecule has 52 heavy (non-hydrogen) atoms. The third kappa shape index (κ3) is 3.75. The van der Waals surface area contributed by atoms with Crippen molar-refractivity contribution >= 4 is 87.5 Å². The number of furan rings is 2. The largest absolute Gasteiger partial charge is 0.456 e. The molecule has 0 spiro atoms. The molecule has 8 aromatic carbocycles. The van der Waals surface area contributed by atoms with E-state index in [2.05, 4.69) is 155 Å². The molecule has 0 aliphatic rings. The summed E-state index contributed by atoms with van der Waals surface area (Å²) in [5, 5.41) is 9.44. The minimum atomic E-state index is 0.900. The highest BCUT2D eigenvalue weighted by atomic mass is 16.3. The van der Waals surface area contributed by atoms with Crippen LogP contribution in [0.5, 0.6) is 0 Å². The first-order valence-electron chi connectivity index (χ1n) is 17.7. The average molecular weight is 665 g/mol. The molecule has 4 heterocycles. The van der Waals surface area contributed by atoms with E-state index in [4.69, 9.17) is 8.83 Å². The zero-order valence-corrected chi connectivity index (χ0v) is 27.9. The molecule has 0 saturated heterocycles. The van der Waals surface area contributed by atoms with Gasteiger partial charge in [-0.15, -0.1) is 0 Å². The molecule has 0 radical (unpaired) electrons. The molecule has 0 aliphatic carbocycles. The highest BCUT2D eigenvalue weighted by Gasteiger charge is 2.19. The number of fused-ring (bicyclic) bond motifs is 12. The topological polar surface area (TPSA) is 36.1 Å². The van der Waals surface area contributed by atoms with Crippen LogP contribution in [0.15, 0.2) is 179 Å². The van der Waals surface area contributed by atoms with Crippen molar-refractivity contribution in [3.8, 4) is 22.5 Å². The van der Waals surface area contributed by atoms with Crippen LogP contribution in [0.1, 0.15) is 0 Å². The molecule has 4 aromatic heterocycles. The number of para-hydroxylation sites is 4. The fraction of sp³-hybridized carbons (Fsp3) is 0. The van der Waals surface area contributed by atoms with E-state index in [-0.39, 0.29) is 0 Å². The van der Waals surface area contributed by atoms with Gasteiger partial charge in [0.2, 0.25) is 0 Å². The molecule has 12 rings (SSSR count). The first-order chi connectivity index (χ1) is 25.8. The van der Waals surface area contributed by atoms with Crippen LogP contribution in [0.3, 0.4) is 0 Å². The Morgan fingerprint density at radius 1 is 0.308 bits per heavy atom. The highest BCUT2D eigenvalue weighted by Crippen LogP contribution is 2.42. The lowest BCUT2D eigenvalue weighted by Crippen LogP contribution is -1.94. The first-order valence-corrected chi connectivity index (χ1v) is 17.7. The third-order valence-corrected chi connectivity index (χ3v) is 10.9. The van der Waals surface area contributed by atoms with Gasteiger partial charge in [0.15, 0.2) is 0 Å². The summed E-state index contributed by atoms with van der Waals surface area (Å²) in [5.41, 5.74) is 13.0. The maximum Gasteiger partial charge on any atom is 0.135 e. The number of benzene rings is 8. The fourth-order valence-electron chi connectivity index (χ4n) is 8.66. The van der Waals surface area contributed by atoms with E-state index in [0.717, 1.165) is 55.3 Å². The first kappa shape index (κ1) is 27.7. The summed E-state index contributed by atoms with van der Waals surface area (Å²) in [6.45, 7) is 0. The zero-order valence-electron chi connectivity index (χ0n) is 27.9. The molecule has 0 bridgehead atoms. The van der Waals surface area contributed by atoms with Crippen LogP contribution in [-0.4, -0.2) is 9.13 Å². The van der Waals surface area contributed by atoms with Crippen molar-refractivity contribution in [1.29, 1.82) is 0 Å². The van der Waals surface area contributed by atoms with Crippen LogP contribution >= 0.6 is 0 Å². The van der Waals surface area contributed by atoms with E-state index in [1.165, 1.54) is 54.7 Å². The lowest BCUT2D eigenvalue weighted by molar-refractivity contribution is 0.668. The van der Waals surface area contributed by atoms with Crippen LogP contribution in [0.25, 0.3) is 110 Å². The van der Waals surface area contributed by atoms with Gasteiger partial charge in [0.25, 0.3) is 0 Å². The number of nitrogens with zero attached hydrogens (tertiary/aromatic N) is 2. The predicted octanol–water partition coefficient (Wildman–Crippen LogP) is 13.3. The maximum absolute atomic E-state index is 6.19. The van der Waals surface area contributed by atoms with E-state index in [1.807, 2.05) is 24.3 Å². The molecule has 0 unspecified atom stereocenters. The highest BCUT2D eigenvalue weighted by molar-refractivity contribution is 6.18. The number of hydrogen-bond acceptors (Lipinski definition) is 2. The fourth-order valence-corrected chi connectivity index (χ4v) is 8.66. The van der Waals surface area contributed by atoms with Crippen molar-refractivity contribution in [3.63, 3.8) is 0 Å². The third-order valence-electron chi connectivity index (χ3n) is 10.9. The molecule has 0 aliphatic heterocycles. The Hall–Kier alpha value is -7.04. The summed E-state index contributed by atoms with van der Waals surface area (Å²) in [6, 6.07) is 60.8. The van der Waals surface area contributed by atoms with Gasteiger partial charge < -0.3 is 18.0 Å². The molecule has 0 atom stereocenters. The number of hydrogen-bond donors (Lipinski definition) is 0. The van der Waals surface area contributed by atoms with E-state index < -0.39 is 0 Å². The van der Waals surface area contributed by atoms with Crippen LogP contribution in [0.2, 0.25) is 0 Å². The second-order valence-corrected chi connectivity index (χ2v) is 13.7. The van der Waals surface area contributed by atoms with Gasteiger partial charge in [-0.3, -0.25) is 0 Å². The van der Waals surface area contributed by atoms with Crippen molar-refractivity contribution in [2.45, 2.75) is 0 Å². The Labute approximate surface area is 296 Å². The molecular weight excluding hydrogens is 637 g/mol. The Morgan fingerprint density at radius 2 is 0.808 bits per heavy atom. The van der Waals surface area contributed by atoms with E-state index >= 15 is 0 Å². The molecule has 4 nitrogen and oxygen atoms in total. The molecular formula is C48H28N2O2. The molecule has 0 N–H and O–H groups in total. The van der Waals surface area contributed by atoms with Crippen molar-refractivity contribution < 1.29 is 8.83 Å². The molecule has 0 fully saturated rings. The summed E-state index contributed by atoms with van der Waals surface area (Å²) in [6.07, 6.45) is 0. The van der Waals surface area contributed by atoms with Gasteiger partial charge in [-0.2, -0.15) is 0 Å². The Morgan fingerprint density at radius 3 is 1.48 bits per heavy atom. The van der Waals surface area contributed by atoms with Crippen LogP contribution in [0.4, 0.5) is 0 Å². The minimum absolute atomic E-state index is 0.900. The van der Waals surface area contributed by atoms with Crippen molar-refractivity contribution in [2.75, 3.05) is 0 Å². The Kier molecular flexibility index (Phi) is 5.47. The van der Waals surface area contributed by atoms with Gasteiger partial charge in [0, 0.05) is 54.5 Å². The monoisotopic (exact) mass is 664 g/mol. The van der Waals surface area contributed by atoms with Crippen LogP contribution in [-0.2, 0) is 0 Å². The molecule has 4 heteroatoms. The average Bonchev–Trinajstić information content (AvgIpc) is 3.95. The van der Waals surface area contributed by atoms with Crippen molar-refractivity contribution in [3.05, 3.63) is 170 Å². The smallest absolute Gasteiger partial charge is 0.135 e. The minimum Gasteiger partial charge on any atom is -0.456 e. The molecule has 242 valence electrons. The summed E-state index contributed by atoms with van der Waals surface area (Å²) >= 11 is 0. The second kappa shape index (κ2) is 10.3. The van der Waals surface area contributed by atoms with Gasteiger partial charge in [0.05, 0.1) is 22.1 Å². The summed E-state index contributed by atoms with van der Waals surface area (Å²) in [5.74, 6) is 0. The zero-order chi connectivity index (χ0) is 33.9. The summed E-state index contributed by atoms with van der Waals surface area (Å²) in [7, 11) is 0. The summed E-state index contributed by atoms with van der Waals surface area (Å²) in [4.78, 5) is 0. The second-order valence-electron chi connectivity index (χ2n) is 13.7. The number of aromatic nitrogens is 2. The number of rotatable bonds is 3. The van der Waals surface area contributed by atoms with Crippen molar-refractivity contribution in [2.24, 2.45) is 0 Å². The molecule has 0 amide bonds. The normalized spacial score (nSPS) is 12.2. The molecule has 12 aromatic rings. The quantitative estimate of drug-likeness (QED) is 0.188. The SMILES string of the molecule is c1ccc2c(c1)oc1ccc(-n3c4ccccc4c4cc(-c5cccc6c5c5ccccc5n6-c5ccc6oc7ccccc7c6c5)ccc43)cc12. The molecule has 0 saturated carbocycles. The van der Waals surface area contributed by atoms with Crippen LogP contribution < -0.4 is 0 Å². The van der Waals surface area contributed by atoms with Gasteiger partial charge in [0.1, 0.15) is 22.3 Å². The summed E-state index contributed by atoms with van der Waals surface area (Å²) < 4.78 is 17.2. The Balaban J connectivity index is 1.08. The van der Waals surface area contributed by atoms with Crippen LogP contribution in [0, 0.1) is 0 Å². The Bertz CT molecular complexity index is 3420. The maximum atomic E-state index is 6.19. The lowest BCUT2D eigenvalue weighted by atomic mass is 9.98. The van der Waals surface area contributed by atoms with Gasteiger partial charge in [-0.25, -0.2) is 0 Å². The van der Waals surface area contributed by atoms with E-state index in [0.29, 0.717) is 0 Å². The van der Waals surface area contributed by atoms with Gasteiger partial charge >= 0.3 is 0 Å². The standard InChI is InChI=1S/C48H28N2O2/c1-5-15-40-33(10-1)37-26-29(20-23-42(37)49(40)30-21-24-46-38(27-30)34-11-3-7-18-44(34)51-46)32-14-9-17-43-48(32)36-13-2-6-16-41(36)50(43)31-22-25-47-39(28-31)35-12-4-8-19-45(35)52-47/h1-28H. The van der Waals surface area contributed by atoms with Gasteiger partial charge in [-0.05, 0) is 90.0 Å². The van der Waals surface area contributed by atoms with Crippen molar-refractivity contribution in [1.82, 2.24) is 9.13 Å². The lowest BCUT2D eigenvalue weighted by Gasteiger charge is -2.10. The van der Waals surface area contributed by atoms with Gasteiger partial charge in [-0.1, -0.05) is 91.0 Å². The van der Waals surface area contributed by atoms with E-state index in [9.17, 15) is 0 Å².